The topological polar surface area (TPSA) is 50.7 Å². The quantitative estimate of drug-likeness (QED) is 0.785. The Morgan fingerprint density at radius 3 is 2.71 bits per heavy atom. The molecule has 2 aromatic heterocycles. The summed E-state index contributed by atoms with van der Waals surface area (Å²) in [5.41, 5.74) is 1.56. The number of aromatic nitrogens is 3. The molecular weight excluding hydrogens is 287 g/mol. The maximum Gasteiger partial charge on any atom is 0.206 e. The van der Waals surface area contributed by atoms with Crippen LogP contribution in [0.2, 0.25) is 0 Å². The summed E-state index contributed by atoms with van der Waals surface area (Å²) in [4.78, 5) is 3.99. The Morgan fingerprint density at radius 1 is 1.05 bits per heavy atom. The van der Waals surface area contributed by atoms with Gasteiger partial charge in [-0.2, -0.15) is 0 Å². The van der Waals surface area contributed by atoms with Gasteiger partial charge >= 0.3 is 0 Å². The predicted molar refractivity (Wildman–Crippen MR) is 80.7 cm³/mol. The third-order valence-corrected chi connectivity index (χ3v) is 3.79. The van der Waals surface area contributed by atoms with Crippen LogP contribution in [0.3, 0.4) is 0 Å². The van der Waals surface area contributed by atoms with E-state index in [4.69, 9.17) is 0 Å². The first kappa shape index (κ1) is 13.6. The third kappa shape index (κ3) is 3.61. The maximum atomic E-state index is 13.4. The third-order valence-electron chi connectivity index (χ3n) is 2.91. The minimum Gasteiger partial charge on any atom is -0.354 e. The average molecular weight is 300 g/mol. The van der Waals surface area contributed by atoms with Gasteiger partial charge in [0.15, 0.2) is 0 Å². The highest BCUT2D eigenvalue weighted by Gasteiger charge is 2.07. The second kappa shape index (κ2) is 6.41. The van der Waals surface area contributed by atoms with Crippen LogP contribution in [0.25, 0.3) is 0 Å². The molecule has 0 aliphatic carbocycles. The summed E-state index contributed by atoms with van der Waals surface area (Å²) in [5, 5.41) is 12.8. The Balaban J connectivity index is 1.62. The summed E-state index contributed by atoms with van der Waals surface area (Å²) >= 11 is 1.47. The molecule has 0 aliphatic heterocycles. The number of pyridine rings is 1. The smallest absolute Gasteiger partial charge is 0.206 e. The lowest BCUT2D eigenvalue weighted by Crippen LogP contribution is -2.03. The molecule has 0 aliphatic rings. The molecule has 0 bridgehead atoms. The number of halogens is 1. The van der Waals surface area contributed by atoms with E-state index < -0.39 is 0 Å². The molecule has 0 radical (unpaired) electrons. The summed E-state index contributed by atoms with van der Waals surface area (Å²) < 4.78 is 13.4. The van der Waals surface area contributed by atoms with Crippen molar-refractivity contribution in [3.63, 3.8) is 0 Å². The number of benzene rings is 1. The number of nitrogens with one attached hydrogen (secondary N) is 1. The lowest BCUT2D eigenvalue weighted by atomic mass is 10.2. The van der Waals surface area contributed by atoms with Crippen molar-refractivity contribution >= 4 is 16.5 Å². The largest absolute Gasteiger partial charge is 0.354 e. The van der Waals surface area contributed by atoms with Crippen molar-refractivity contribution in [2.45, 2.75) is 13.0 Å². The molecule has 2 heterocycles. The van der Waals surface area contributed by atoms with E-state index in [2.05, 4.69) is 32.6 Å². The number of rotatable bonds is 5. The van der Waals surface area contributed by atoms with Gasteiger partial charge in [-0.1, -0.05) is 41.7 Å². The molecule has 21 heavy (non-hydrogen) atoms. The minimum absolute atomic E-state index is 0.298. The van der Waals surface area contributed by atoms with Crippen molar-refractivity contribution in [2.75, 3.05) is 5.32 Å². The predicted octanol–water partition coefficient (Wildman–Crippen LogP) is 3.28. The standard InChI is InChI=1S/C15H13FN4S/c16-12-7-4-8-17-13(12)10-18-15-20-19-14(21-15)9-11-5-2-1-3-6-11/h1-8H,9-10H2,(H,18,20). The number of hydrogen-bond acceptors (Lipinski definition) is 5. The molecule has 0 fully saturated rings. The van der Waals surface area contributed by atoms with E-state index in [-0.39, 0.29) is 5.82 Å². The van der Waals surface area contributed by atoms with Crippen molar-refractivity contribution in [3.05, 3.63) is 70.7 Å². The van der Waals surface area contributed by atoms with Gasteiger partial charge in [-0.05, 0) is 17.7 Å². The summed E-state index contributed by atoms with van der Waals surface area (Å²) in [6.45, 7) is 0.298. The Hall–Kier alpha value is -2.34. The van der Waals surface area contributed by atoms with Crippen molar-refractivity contribution in [2.24, 2.45) is 0 Å². The Labute approximate surface area is 125 Å². The van der Waals surface area contributed by atoms with Gasteiger partial charge in [0, 0.05) is 12.6 Å². The molecule has 3 rings (SSSR count). The molecule has 3 aromatic rings. The van der Waals surface area contributed by atoms with E-state index >= 15 is 0 Å². The number of nitrogens with zero attached hydrogens (tertiary/aromatic N) is 3. The van der Waals surface area contributed by atoms with Crippen molar-refractivity contribution in [1.29, 1.82) is 0 Å². The van der Waals surface area contributed by atoms with E-state index in [0.29, 0.717) is 17.4 Å². The Kier molecular flexibility index (Phi) is 4.16. The molecule has 1 aromatic carbocycles. The van der Waals surface area contributed by atoms with Gasteiger partial charge < -0.3 is 5.32 Å². The monoisotopic (exact) mass is 300 g/mol. The molecule has 0 amide bonds. The van der Waals surface area contributed by atoms with Crippen LogP contribution in [0.15, 0.2) is 48.7 Å². The highest BCUT2D eigenvalue weighted by atomic mass is 32.1. The fraction of sp³-hybridized carbons (Fsp3) is 0.133. The fourth-order valence-corrected chi connectivity index (χ4v) is 2.64. The van der Waals surface area contributed by atoms with Gasteiger partial charge in [0.05, 0.1) is 12.2 Å². The molecule has 0 saturated heterocycles. The highest BCUT2D eigenvalue weighted by Crippen LogP contribution is 2.19. The van der Waals surface area contributed by atoms with Crippen molar-refractivity contribution < 1.29 is 4.39 Å². The lowest BCUT2D eigenvalue weighted by molar-refractivity contribution is 0.602. The van der Waals surface area contributed by atoms with E-state index in [9.17, 15) is 4.39 Å². The SMILES string of the molecule is Fc1cccnc1CNc1nnc(Cc2ccccc2)s1. The Morgan fingerprint density at radius 2 is 1.90 bits per heavy atom. The van der Waals surface area contributed by atoms with Crippen LogP contribution in [-0.4, -0.2) is 15.2 Å². The zero-order valence-corrected chi connectivity index (χ0v) is 12.0. The van der Waals surface area contributed by atoms with Gasteiger partial charge in [-0.15, -0.1) is 10.2 Å². The van der Waals surface area contributed by atoms with Gasteiger partial charge in [-0.25, -0.2) is 4.39 Å². The van der Waals surface area contributed by atoms with Gasteiger partial charge in [0.2, 0.25) is 5.13 Å². The second-order valence-corrected chi connectivity index (χ2v) is 5.51. The van der Waals surface area contributed by atoms with E-state index in [0.717, 1.165) is 11.4 Å². The van der Waals surface area contributed by atoms with Crippen LogP contribution in [0.4, 0.5) is 9.52 Å². The first-order valence-electron chi connectivity index (χ1n) is 6.51. The Bertz CT molecular complexity index is 714. The van der Waals surface area contributed by atoms with Crippen LogP contribution in [0, 0.1) is 5.82 Å². The van der Waals surface area contributed by atoms with Crippen LogP contribution in [0.1, 0.15) is 16.3 Å². The van der Waals surface area contributed by atoms with E-state index in [1.165, 1.54) is 23.0 Å². The second-order valence-electron chi connectivity index (χ2n) is 4.45. The molecule has 1 N–H and O–H groups in total. The van der Waals surface area contributed by atoms with Crippen LogP contribution in [0.5, 0.6) is 0 Å². The van der Waals surface area contributed by atoms with Crippen molar-refractivity contribution in [1.82, 2.24) is 15.2 Å². The normalized spacial score (nSPS) is 10.5. The minimum atomic E-state index is -0.320. The van der Waals surface area contributed by atoms with Crippen LogP contribution in [-0.2, 0) is 13.0 Å². The van der Waals surface area contributed by atoms with E-state index in [1.807, 2.05) is 18.2 Å². The molecule has 6 heteroatoms. The molecular formula is C15H13FN4S. The van der Waals surface area contributed by atoms with Crippen LogP contribution < -0.4 is 5.32 Å². The summed E-state index contributed by atoms with van der Waals surface area (Å²) in [6, 6.07) is 13.1. The summed E-state index contributed by atoms with van der Waals surface area (Å²) in [7, 11) is 0. The first-order chi connectivity index (χ1) is 10.3. The van der Waals surface area contributed by atoms with Gasteiger partial charge in [-0.3, -0.25) is 4.98 Å². The molecule has 0 spiro atoms. The maximum absolute atomic E-state index is 13.4. The molecule has 0 unspecified atom stereocenters. The summed E-state index contributed by atoms with van der Waals surface area (Å²) in [6.07, 6.45) is 2.32. The number of anilines is 1. The fourth-order valence-electron chi connectivity index (χ4n) is 1.87. The zero-order valence-electron chi connectivity index (χ0n) is 11.2. The van der Waals surface area contributed by atoms with Gasteiger partial charge in [0.1, 0.15) is 10.8 Å². The average Bonchev–Trinajstić information content (AvgIpc) is 2.95. The zero-order chi connectivity index (χ0) is 14.5. The highest BCUT2D eigenvalue weighted by molar-refractivity contribution is 7.15. The lowest BCUT2D eigenvalue weighted by Gasteiger charge is -2.01. The summed E-state index contributed by atoms with van der Waals surface area (Å²) in [5.74, 6) is -0.320. The molecule has 106 valence electrons. The van der Waals surface area contributed by atoms with Crippen molar-refractivity contribution in [3.8, 4) is 0 Å². The van der Waals surface area contributed by atoms with E-state index in [1.54, 1.807) is 12.3 Å². The molecule has 0 atom stereocenters. The number of hydrogen-bond donors (Lipinski definition) is 1. The van der Waals surface area contributed by atoms with Gasteiger partial charge in [0.25, 0.3) is 0 Å². The molecule has 0 saturated carbocycles. The first-order valence-corrected chi connectivity index (χ1v) is 7.32. The van der Waals surface area contributed by atoms with Crippen LogP contribution >= 0.6 is 11.3 Å². The molecule has 4 nitrogen and oxygen atoms in total.